The van der Waals surface area contributed by atoms with Gasteiger partial charge in [-0.25, -0.2) is 0 Å². The van der Waals surface area contributed by atoms with E-state index < -0.39 is 59.0 Å². The van der Waals surface area contributed by atoms with Crippen LogP contribution in [0.5, 0.6) is 0 Å². The summed E-state index contributed by atoms with van der Waals surface area (Å²) in [5.74, 6) is -2.69. The molecule has 0 heterocycles. The van der Waals surface area contributed by atoms with E-state index in [2.05, 4.69) is 0 Å². The lowest BCUT2D eigenvalue weighted by Gasteiger charge is -2.42. The van der Waals surface area contributed by atoms with Crippen LogP contribution >= 0.6 is 0 Å². The van der Waals surface area contributed by atoms with Crippen LogP contribution in [0.1, 0.15) is 51.9 Å². The zero-order chi connectivity index (χ0) is 30.1. The first-order valence-electron chi connectivity index (χ1n) is 11.8. The second-order valence-electron chi connectivity index (χ2n) is 10.1. The van der Waals surface area contributed by atoms with Crippen molar-refractivity contribution in [1.82, 2.24) is 0 Å². The molecule has 38 heavy (non-hydrogen) atoms. The van der Waals surface area contributed by atoms with Crippen molar-refractivity contribution >= 4 is 0 Å². The first-order chi connectivity index (χ1) is 17.1. The summed E-state index contributed by atoms with van der Waals surface area (Å²) < 4.78 is 153. The van der Waals surface area contributed by atoms with Gasteiger partial charge < -0.3 is 15.3 Å². The van der Waals surface area contributed by atoms with Crippen LogP contribution in [0.15, 0.2) is 11.6 Å². The largest absolute Gasteiger partial charge is 0.430 e. The fraction of sp³-hybridized carbons (Fsp3) is 0.913. The van der Waals surface area contributed by atoms with E-state index in [4.69, 9.17) is 10.2 Å². The Morgan fingerprint density at radius 1 is 0.632 bits per heavy atom. The minimum absolute atomic E-state index is 0.0639. The van der Waals surface area contributed by atoms with Crippen LogP contribution in [-0.2, 0) is 0 Å². The van der Waals surface area contributed by atoms with Crippen molar-refractivity contribution in [2.45, 2.75) is 82.2 Å². The Bertz CT molecular complexity index is 769. The summed E-state index contributed by atoms with van der Waals surface area (Å²) in [5, 5.41) is 23.2. The number of allylic oxidation sites excluding steroid dienone is 1. The first kappa shape index (κ1) is 34.8. The molecule has 0 aromatic carbocycles. The van der Waals surface area contributed by atoms with E-state index in [-0.39, 0.29) is 31.1 Å². The highest BCUT2D eigenvalue weighted by Gasteiger charge is 2.74. The fourth-order valence-electron chi connectivity index (χ4n) is 6.28. The van der Waals surface area contributed by atoms with Gasteiger partial charge in [-0.15, -0.1) is 0 Å². The Morgan fingerprint density at radius 3 is 1.37 bits per heavy atom. The molecular formula is C23H32F12O3. The molecule has 4 rings (SSSR count). The smallest absolute Gasteiger partial charge is 0.400 e. The summed E-state index contributed by atoms with van der Waals surface area (Å²) in [6.07, 6.45) is -17.9. The Hall–Kier alpha value is -1.22. The van der Waals surface area contributed by atoms with E-state index in [0.29, 0.717) is 26.2 Å². The van der Waals surface area contributed by atoms with Crippen LogP contribution in [0.4, 0.5) is 52.7 Å². The van der Waals surface area contributed by atoms with Crippen LogP contribution in [0.2, 0.25) is 0 Å². The summed E-state index contributed by atoms with van der Waals surface area (Å²) in [4.78, 5) is 0. The third kappa shape index (κ3) is 6.08. The first-order valence-corrected chi connectivity index (χ1v) is 11.8. The van der Waals surface area contributed by atoms with Crippen molar-refractivity contribution < 1.29 is 68.0 Å². The van der Waals surface area contributed by atoms with Gasteiger partial charge in [0.1, 0.15) is 0 Å². The zero-order valence-corrected chi connectivity index (χ0v) is 20.8. The SMILES string of the molecule is CC(C1CC2CCC1C2)(C(F)(F)F)C(F)(F)F.CO.CO.OC(C1=CC2CCC1C2)(C(F)(F)F)C(F)(F)F. The van der Waals surface area contributed by atoms with E-state index in [9.17, 15) is 57.8 Å². The average Bonchev–Trinajstić information content (AvgIpc) is 3.60. The minimum atomic E-state index is -5.73. The number of alkyl halides is 12. The Balaban J connectivity index is 0.000000336. The molecule has 3 fully saturated rings. The molecule has 4 aliphatic rings. The summed E-state index contributed by atoms with van der Waals surface area (Å²) in [6.45, 7) is 0.332. The lowest BCUT2D eigenvalue weighted by Crippen LogP contribution is -2.59. The summed E-state index contributed by atoms with van der Waals surface area (Å²) in [7, 11) is 2.00. The van der Waals surface area contributed by atoms with Crippen LogP contribution in [0.3, 0.4) is 0 Å². The Labute approximate surface area is 211 Å². The molecule has 0 radical (unpaired) electrons. The van der Waals surface area contributed by atoms with E-state index in [0.717, 1.165) is 26.7 Å². The fourth-order valence-corrected chi connectivity index (χ4v) is 6.28. The number of hydrogen-bond donors (Lipinski definition) is 3. The number of hydrogen-bond acceptors (Lipinski definition) is 3. The quantitative estimate of drug-likeness (QED) is 0.243. The second kappa shape index (κ2) is 11.7. The molecule has 0 aliphatic heterocycles. The van der Waals surface area contributed by atoms with Crippen molar-refractivity contribution in [3.05, 3.63) is 11.6 Å². The molecule has 226 valence electrons. The predicted octanol–water partition coefficient (Wildman–Crippen LogP) is 6.97. The van der Waals surface area contributed by atoms with Gasteiger partial charge in [-0.1, -0.05) is 12.5 Å². The van der Waals surface area contributed by atoms with Crippen molar-refractivity contribution in [2.24, 2.45) is 35.0 Å². The van der Waals surface area contributed by atoms with Gasteiger partial charge in [0.2, 0.25) is 0 Å². The maximum absolute atomic E-state index is 12.9. The molecule has 5 atom stereocenters. The van der Waals surface area contributed by atoms with Gasteiger partial charge in [0, 0.05) is 14.2 Å². The van der Waals surface area contributed by atoms with Gasteiger partial charge >= 0.3 is 24.7 Å². The van der Waals surface area contributed by atoms with Crippen LogP contribution in [0, 0.1) is 35.0 Å². The van der Waals surface area contributed by atoms with Gasteiger partial charge in [0.25, 0.3) is 5.60 Å². The number of rotatable bonds is 2. The lowest BCUT2D eigenvalue weighted by atomic mass is 9.68. The molecule has 0 saturated heterocycles. The highest BCUT2D eigenvalue weighted by Crippen LogP contribution is 2.64. The highest BCUT2D eigenvalue weighted by molar-refractivity contribution is 5.32. The predicted molar refractivity (Wildman–Crippen MR) is 111 cm³/mol. The number of aliphatic hydroxyl groups is 3. The molecule has 0 spiro atoms. The van der Waals surface area contributed by atoms with Gasteiger partial charge in [-0.05, 0) is 80.6 Å². The molecule has 4 aliphatic carbocycles. The van der Waals surface area contributed by atoms with E-state index in [1.54, 1.807) is 0 Å². The van der Waals surface area contributed by atoms with Crippen molar-refractivity contribution in [3.63, 3.8) is 0 Å². The van der Waals surface area contributed by atoms with E-state index in [1.165, 1.54) is 0 Å². The maximum Gasteiger partial charge on any atom is 0.430 e. The van der Waals surface area contributed by atoms with Crippen LogP contribution in [-0.4, -0.2) is 59.8 Å². The van der Waals surface area contributed by atoms with E-state index in [1.807, 2.05) is 0 Å². The summed E-state index contributed by atoms with van der Waals surface area (Å²) in [5.41, 5.74) is -9.13. The normalized spacial score (nSPS) is 29.0. The van der Waals surface area contributed by atoms with Gasteiger partial charge in [-0.2, -0.15) is 52.7 Å². The molecule has 4 bridgehead atoms. The second-order valence-corrected chi connectivity index (χ2v) is 10.1. The van der Waals surface area contributed by atoms with Crippen LogP contribution in [0.25, 0.3) is 0 Å². The molecule has 3 N–H and O–H groups in total. The minimum Gasteiger partial charge on any atom is -0.400 e. The summed E-state index contributed by atoms with van der Waals surface area (Å²) in [6, 6.07) is 0. The third-order valence-corrected chi connectivity index (χ3v) is 8.22. The summed E-state index contributed by atoms with van der Waals surface area (Å²) >= 11 is 0. The Kier molecular flexibility index (Phi) is 10.7. The standard InChI is InChI=1S/C11H14F6.C10H10F6O.2CH4O/c1-9(10(12,13)14,11(15,16)17)8-5-6-2-3-7(8)4-6;11-9(12,13)8(17,10(14,15)16)7-4-5-1-2-6(7)3-5;2*1-2/h6-8H,2-5H2,1H3;4-6,17H,1-3H2;2*2H,1H3. The van der Waals surface area contributed by atoms with Crippen molar-refractivity contribution in [3.8, 4) is 0 Å². The van der Waals surface area contributed by atoms with Crippen LogP contribution < -0.4 is 0 Å². The molecule has 3 saturated carbocycles. The Morgan fingerprint density at radius 2 is 1.11 bits per heavy atom. The number of halogens is 12. The zero-order valence-electron chi connectivity index (χ0n) is 20.8. The van der Waals surface area contributed by atoms with Crippen molar-refractivity contribution in [2.75, 3.05) is 14.2 Å². The highest BCUT2D eigenvalue weighted by atomic mass is 19.4. The molecular weight excluding hydrogens is 552 g/mol. The van der Waals surface area contributed by atoms with Gasteiger partial charge in [0.15, 0.2) is 5.41 Å². The van der Waals surface area contributed by atoms with Gasteiger partial charge in [-0.3, -0.25) is 0 Å². The number of fused-ring (bicyclic) bond motifs is 4. The molecule has 15 heteroatoms. The number of aliphatic hydroxyl groups excluding tert-OH is 2. The topological polar surface area (TPSA) is 60.7 Å². The van der Waals surface area contributed by atoms with Gasteiger partial charge in [0.05, 0.1) is 0 Å². The average molecular weight is 584 g/mol. The molecule has 3 nitrogen and oxygen atoms in total. The monoisotopic (exact) mass is 584 g/mol. The third-order valence-electron chi connectivity index (χ3n) is 8.22. The van der Waals surface area contributed by atoms with E-state index >= 15 is 0 Å². The molecule has 0 aromatic heterocycles. The lowest BCUT2D eigenvalue weighted by molar-refractivity contribution is -0.356. The van der Waals surface area contributed by atoms with Crippen molar-refractivity contribution in [1.29, 1.82) is 0 Å². The molecule has 0 amide bonds. The molecule has 0 aromatic rings. The maximum atomic E-state index is 12.9. The molecule has 5 unspecified atom stereocenters.